The van der Waals surface area contributed by atoms with Crippen LogP contribution in [0.25, 0.3) is 21.7 Å². The first-order valence-electron chi connectivity index (χ1n) is 9.43. The minimum absolute atomic E-state index is 0.0117. The lowest BCUT2D eigenvalue weighted by atomic mass is 10.2. The number of anilines is 1. The van der Waals surface area contributed by atoms with Gasteiger partial charge in [0, 0.05) is 0 Å². The maximum absolute atomic E-state index is 14.1. The Morgan fingerprint density at radius 2 is 1.91 bits per heavy atom. The Hall–Kier alpha value is -4.64. The van der Waals surface area contributed by atoms with E-state index in [-0.39, 0.29) is 22.8 Å². The summed E-state index contributed by atoms with van der Waals surface area (Å²) in [7, 11) is 0. The number of thiazole rings is 1. The van der Waals surface area contributed by atoms with Crippen LogP contribution in [0.4, 0.5) is 18.9 Å². The van der Waals surface area contributed by atoms with Gasteiger partial charge in [0.25, 0.3) is 5.91 Å². The van der Waals surface area contributed by atoms with Gasteiger partial charge in [0.05, 0.1) is 57.5 Å². The van der Waals surface area contributed by atoms with Gasteiger partial charge in [0.15, 0.2) is 11.5 Å². The number of nitrogens with one attached hydrogen (secondary N) is 1. The zero-order chi connectivity index (χ0) is 23.9. The second-order valence-corrected chi connectivity index (χ2v) is 7.63. The third kappa shape index (κ3) is 3.63. The van der Waals surface area contributed by atoms with Crippen molar-refractivity contribution < 1.29 is 18.0 Å². The van der Waals surface area contributed by atoms with E-state index in [0.29, 0.717) is 14.9 Å². The third-order valence-electron chi connectivity index (χ3n) is 4.70. The zero-order valence-corrected chi connectivity index (χ0v) is 17.5. The molecule has 0 aliphatic rings. The van der Waals surface area contributed by atoms with Crippen molar-refractivity contribution in [1.29, 1.82) is 5.26 Å². The van der Waals surface area contributed by atoms with E-state index in [2.05, 4.69) is 30.6 Å². The van der Waals surface area contributed by atoms with Crippen molar-refractivity contribution in [3.05, 3.63) is 71.4 Å². The van der Waals surface area contributed by atoms with Crippen molar-refractivity contribution in [1.82, 2.24) is 34.7 Å². The smallest absolute Gasteiger partial charge is 0.320 e. The molecule has 0 saturated heterocycles. The molecule has 1 aromatic carbocycles. The molecule has 0 unspecified atom stereocenters. The summed E-state index contributed by atoms with van der Waals surface area (Å²) in [5.41, 5.74) is 0.276. The largest absolute Gasteiger partial charge is 0.434 e. The Morgan fingerprint density at radius 1 is 1.12 bits per heavy atom. The number of aromatic nitrogens is 7. The number of nitrogens with zero attached hydrogens (tertiary/aromatic N) is 8. The lowest BCUT2D eigenvalue weighted by Crippen LogP contribution is -2.21. The van der Waals surface area contributed by atoms with Crippen LogP contribution in [0.2, 0.25) is 0 Å². The molecule has 5 rings (SSSR count). The van der Waals surface area contributed by atoms with Crippen LogP contribution in [-0.2, 0) is 6.18 Å². The monoisotopic (exact) mass is 481 g/mol. The lowest BCUT2D eigenvalue weighted by molar-refractivity contribution is -0.143. The first-order valence-corrected chi connectivity index (χ1v) is 10.3. The highest BCUT2D eigenvalue weighted by Gasteiger charge is 2.41. The predicted octanol–water partition coefficient (Wildman–Crippen LogP) is 3.60. The van der Waals surface area contributed by atoms with Crippen LogP contribution in [0.1, 0.15) is 21.6 Å². The quantitative estimate of drug-likeness (QED) is 0.415. The average molecular weight is 481 g/mol. The van der Waals surface area contributed by atoms with Crippen LogP contribution in [0.5, 0.6) is 0 Å². The molecule has 0 atom stereocenters. The molecule has 0 aliphatic carbocycles. The minimum Gasteiger partial charge on any atom is -0.320 e. The Morgan fingerprint density at radius 3 is 2.65 bits per heavy atom. The number of amides is 1. The number of fused-ring (bicyclic) bond motifs is 1. The van der Waals surface area contributed by atoms with Crippen molar-refractivity contribution in [2.75, 3.05) is 5.32 Å². The standard InChI is InChI=1S/C20H10F3N9OS/c21-20(22,23)17-13(9-29-31(17)15-3-1-2-14-16(15)34-10-26-14)19(33)30-12-6-11(7-24)18(25-8-12)32-27-4-5-28-32/h1-6,8-10H,(H,30,33). The summed E-state index contributed by atoms with van der Waals surface area (Å²) in [5.74, 6) is -0.961. The molecule has 0 radical (unpaired) electrons. The molecule has 0 saturated carbocycles. The van der Waals surface area contributed by atoms with Crippen molar-refractivity contribution >= 4 is 33.1 Å². The number of pyridine rings is 1. The van der Waals surface area contributed by atoms with E-state index in [1.165, 1.54) is 36.2 Å². The maximum Gasteiger partial charge on any atom is 0.434 e. The summed E-state index contributed by atoms with van der Waals surface area (Å²) in [6.45, 7) is 0. The minimum atomic E-state index is -4.89. The summed E-state index contributed by atoms with van der Waals surface area (Å²) in [6.07, 6.45) is -0.0727. The number of benzene rings is 1. The zero-order valence-electron chi connectivity index (χ0n) is 16.7. The lowest BCUT2D eigenvalue weighted by Gasteiger charge is -2.13. The van der Waals surface area contributed by atoms with Crippen LogP contribution in [0.3, 0.4) is 0 Å². The summed E-state index contributed by atoms with van der Waals surface area (Å²) < 4.78 is 43.3. The van der Waals surface area contributed by atoms with Gasteiger partial charge < -0.3 is 5.32 Å². The predicted molar refractivity (Wildman–Crippen MR) is 114 cm³/mol. The second kappa shape index (κ2) is 8.05. The number of alkyl halides is 3. The van der Waals surface area contributed by atoms with Gasteiger partial charge in [0.1, 0.15) is 11.6 Å². The van der Waals surface area contributed by atoms with Crippen LogP contribution in [-0.4, -0.2) is 40.6 Å². The van der Waals surface area contributed by atoms with Crippen LogP contribution >= 0.6 is 11.3 Å². The van der Waals surface area contributed by atoms with Gasteiger partial charge in [0.2, 0.25) is 0 Å². The Balaban J connectivity index is 1.53. The van der Waals surface area contributed by atoms with E-state index < -0.39 is 23.3 Å². The second-order valence-electron chi connectivity index (χ2n) is 6.77. The fraction of sp³-hybridized carbons (Fsp3) is 0.0500. The van der Waals surface area contributed by atoms with Crippen LogP contribution < -0.4 is 5.32 Å². The van der Waals surface area contributed by atoms with Crippen molar-refractivity contribution in [2.45, 2.75) is 6.18 Å². The van der Waals surface area contributed by atoms with E-state index in [1.807, 2.05) is 6.07 Å². The van der Waals surface area contributed by atoms with Gasteiger partial charge in [-0.2, -0.15) is 33.7 Å². The fourth-order valence-corrected chi connectivity index (χ4v) is 4.09. The molecule has 168 valence electrons. The van der Waals surface area contributed by atoms with E-state index in [0.717, 1.165) is 22.3 Å². The molecule has 10 nitrogen and oxygen atoms in total. The average Bonchev–Trinajstić information content (AvgIpc) is 3.58. The molecule has 0 fully saturated rings. The number of carbonyl (C=O) groups is 1. The highest BCUT2D eigenvalue weighted by molar-refractivity contribution is 7.17. The normalized spacial score (nSPS) is 11.5. The third-order valence-corrected chi connectivity index (χ3v) is 5.56. The first-order chi connectivity index (χ1) is 16.4. The van der Waals surface area contributed by atoms with E-state index in [4.69, 9.17) is 0 Å². The molecule has 5 aromatic rings. The van der Waals surface area contributed by atoms with Gasteiger partial charge in [-0.3, -0.25) is 4.79 Å². The first kappa shape index (κ1) is 21.2. The Bertz CT molecular complexity index is 1560. The van der Waals surface area contributed by atoms with Crippen molar-refractivity contribution in [3.63, 3.8) is 0 Å². The molecule has 4 heterocycles. The van der Waals surface area contributed by atoms with Gasteiger partial charge in [-0.25, -0.2) is 14.6 Å². The van der Waals surface area contributed by atoms with Crippen molar-refractivity contribution in [2.24, 2.45) is 0 Å². The number of halogens is 3. The SMILES string of the molecule is N#Cc1cc(NC(=O)c2cnn(-c3cccc4ncsc34)c2C(F)(F)F)cnc1-n1nccn1. The molecule has 0 bridgehead atoms. The number of hydrogen-bond donors (Lipinski definition) is 1. The number of nitriles is 1. The van der Waals surface area contributed by atoms with Gasteiger partial charge in [-0.05, 0) is 18.2 Å². The van der Waals surface area contributed by atoms with Gasteiger partial charge in [-0.1, -0.05) is 6.07 Å². The molecule has 0 spiro atoms. The molecular weight excluding hydrogens is 471 g/mol. The summed E-state index contributed by atoms with van der Waals surface area (Å²) >= 11 is 1.16. The van der Waals surface area contributed by atoms with Gasteiger partial charge >= 0.3 is 6.18 Å². The molecule has 14 heteroatoms. The summed E-state index contributed by atoms with van der Waals surface area (Å²) in [6, 6.07) is 7.86. The molecular formula is C20H10F3N9OS. The number of carbonyl (C=O) groups excluding carboxylic acids is 1. The Kier molecular flexibility index (Phi) is 5.02. The van der Waals surface area contributed by atoms with Crippen LogP contribution in [0.15, 0.2) is 54.6 Å². The maximum atomic E-state index is 14.1. The molecule has 1 N–H and O–H groups in total. The number of rotatable bonds is 4. The fourth-order valence-electron chi connectivity index (χ4n) is 3.30. The van der Waals surface area contributed by atoms with E-state index in [1.54, 1.807) is 12.1 Å². The highest BCUT2D eigenvalue weighted by Crippen LogP contribution is 2.36. The summed E-state index contributed by atoms with van der Waals surface area (Å²) in [4.78, 5) is 22.1. The highest BCUT2D eigenvalue weighted by atomic mass is 32.1. The van der Waals surface area contributed by atoms with Crippen LogP contribution in [0, 0.1) is 11.3 Å². The van der Waals surface area contributed by atoms with E-state index in [9.17, 15) is 23.2 Å². The molecule has 0 aliphatic heterocycles. The van der Waals surface area contributed by atoms with Crippen molar-refractivity contribution in [3.8, 4) is 17.6 Å². The molecule has 34 heavy (non-hydrogen) atoms. The molecule has 1 amide bonds. The van der Waals surface area contributed by atoms with Gasteiger partial charge in [-0.15, -0.1) is 16.1 Å². The van der Waals surface area contributed by atoms with E-state index >= 15 is 0 Å². The number of hydrogen-bond acceptors (Lipinski definition) is 8. The topological polar surface area (TPSA) is 127 Å². The Labute approximate surface area is 191 Å². The molecule has 4 aromatic heterocycles. The summed E-state index contributed by atoms with van der Waals surface area (Å²) in [5, 5.41) is 23.4.